The van der Waals surface area contributed by atoms with E-state index in [1.165, 1.54) is 0 Å². The summed E-state index contributed by atoms with van der Waals surface area (Å²) in [6.45, 7) is 5.40. The Morgan fingerprint density at radius 3 is 2.15 bits per heavy atom. The lowest BCUT2D eigenvalue weighted by Crippen LogP contribution is -2.77. The minimum atomic E-state index is -4.91. The Hall–Kier alpha value is -1.84. The molecule has 10 heteroatoms. The number of piperidine rings is 1. The van der Waals surface area contributed by atoms with Crippen molar-refractivity contribution in [2.45, 2.75) is 62.8 Å². The lowest BCUT2D eigenvalue weighted by Gasteiger charge is -2.59. The molecule has 33 heavy (non-hydrogen) atoms. The van der Waals surface area contributed by atoms with Gasteiger partial charge in [-0.05, 0) is 38.7 Å². The molecule has 0 aromatic heterocycles. The van der Waals surface area contributed by atoms with Gasteiger partial charge in [0.1, 0.15) is 0 Å². The highest BCUT2D eigenvalue weighted by molar-refractivity contribution is 5.85. The van der Waals surface area contributed by atoms with Gasteiger partial charge >= 0.3 is 18.1 Å². The van der Waals surface area contributed by atoms with Crippen LogP contribution < -0.4 is 5.32 Å². The van der Waals surface area contributed by atoms with Gasteiger partial charge in [-0.25, -0.2) is 0 Å². The van der Waals surface area contributed by atoms with E-state index in [0.29, 0.717) is 45.4 Å². The van der Waals surface area contributed by atoms with E-state index in [0.717, 1.165) is 10.5 Å². The van der Waals surface area contributed by atoms with E-state index in [9.17, 15) is 27.9 Å². The smallest absolute Gasteiger partial charge is 0.471 e. The monoisotopic (exact) mass is 489 g/mol. The minimum Gasteiger partial charge on any atom is -0.481 e. The molecule has 0 radical (unpaired) electrons. The number of carbonyl (C=O) groups is 2. The fraction of sp³-hybridized carbons (Fsp3) is 0.652. The quantitative estimate of drug-likeness (QED) is 0.641. The van der Waals surface area contributed by atoms with Crippen molar-refractivity contribution >= 4 is 24.3 Å². The molecule has 6 nitrogen and oxygen atoms in total. The van der Waals surface area contributed by atoms with E-state index < -0.39 is 41.1 Å². The van der Waals surface area contributed by atoms with Crippen molar-refractivity contribution in [2.24, 2.45) is 5.41 Å². The molecular formula is C23H31ClF3N3O3. The molecule has 2 heterocycles. The van der Waals surface area contributed by atoms with Crippen LogP contribution in [0, 0.1) is 5.41 Å². The molecule has 3 fully saturated rings. The predicted molar refractivity (Wildman–Crippen MR) is 119 cm³/mol. The van der Waals surface area contributed by atoms with E-state index in [1.807, 2.05) is 30.3 Å². The first-order valence-corrected chi connectivity index (χ1v) is 11.1. The number of aliphatic carboxylic acids is 1. The summed E-state index contributed by atoms with van der Waals surface area (Å²) in [5.41, 5.74) is -0.617. The number of alkyl halides is 3. The van der Waals surface area contributed by atoms with Crippen LogP contribution in [0.5, 0.6) is 0 Å². The number of hydrogen-bond acceptors (Lipinski definition) is 4. The normalized spacial score (nSPS) is 25.5. The van der Waals surface area contributed by atoms with Crippen LogP contribution in [0.2, 0.25) is 0 Å². The second-order valence-electron chi connectivity index (χ2n) is 9.81. The molecule has 2 saturated heterocycles. The number of likely N-dealkylation sites (tertiary alicyclic amines) is 1. The Morgan fingerprint density at radius 2 is 1.70 bits per heavy atom. The molecule has 4 rings (SSSR count). The van der Waals surface area contributed by atoms with Crippen LogP contribution in [0.3, 0.4) is 0 Å². The Balaban J connectivity index is 0.00000306. The van der Waals surface area contributed by atoms with E-state index in [1.54, 1.807) is 13.8 Å². The topological polar surface area (TPSA) is 72.9 Å². The van der Waals surface area contributed by atoms with Crippen molar-refractivity contribution in [3.63, 3.8) is 0 Å². The maximum absolute atomic E-state index is 13.5. The van der Waals surface area contributed by atoms with E-state index in [2.05, 4.69) is 10.2 Å². The Labute approximate surface area is 197 Å². The third-order valence-corrected chi connectivity index (χ3v) is 7.81. The molecule has 1 aliphatic carbocycles. The molecule has 0 bridgehead atoms. The molecule has 0 spiro atoms. The highest BCUT2D eigenvalue weighted by Gasteiger charge is 2.59. The number of halogens is 4. The van der Waals surface area contributed by atoms with E-state index in [4.69, 9.17) is 0 Å². The van der Waals surface area contributed by atoms with Crippen molar-refractivity contribution in [3.05, 3.63) is 35.9 Å². The molecule has 0 unspecified atom stereocenters. The van der Waals surface area contributed by atoms with E-state index in [-0.39, 0.29) is 18.3 Å². The zero-order valence-corrected chi connectivity index (χ0v) is 19.6. The standard InChI is InChI=1S/C23H30F3N3O3.ClH/c1-21(2,20(31)32)22(13-27-14-22)28-10-8-16(9-11-28)29(19(30)23(24,25)26)18-12-17(18)15-6-4-3-5-7-15;/h3-7,16-18,27H,8-14H2,1-2H3,(H,31,32);1H/t17-,18+;/m0./s1. The average molecular weight is 490 g/mol. The van der Waals surface area contributed by atoms with Crippen molar-refractivity contribution in [2.75, 3.05) is 26.2 Å². The highest BCUT2D eigenvalue weighted by Crippen LogP contribution is 2.48. The van der Waals surface area contributed by atoms with Crippen molar-refractivity contribution in [1.82, 2.24) is 15.1 Å². The maximum Gasteiger partial charge on any atom is 0.471 e. The summed E-state index contributed by atoms with van der Waals surface area (Å²) in [6.07, 6.45) is -3.58. The molecule has 3 aliphatic rings. The number of carboxylic acid groups (broad SMARTS) is 1. The van der Waals surface area contributed by atoms with Crippen LogP contribution in [-0.4, -0.2) is 76.8 Å². The number of nitrogens with zero attached hydrogens (tertiary/aromatic N) is 2. The Morgan fingerprint density at radius 1 is 1.12 bits per heavy atom. The first-order valence-electron chi connectivity index (χ1n) is 11.1. The van der Waals surface area contributed by atoms with Gasteiger partial charge in [0.25, 0.3) is 0 Å². The van der Waals surface area contributed by atoms with Crippen molar-refractivity contribution < 1.29 is 27.9 Å². The third kappa shape index (κ3) is 4.47. The van der Waals surface area contributed by atoms with Crippen LogP contribution in [0.4, 0.5) is 13.2 Å². The van der Waals surface area contributed by atoms with Gasteiger partial charge in [-0.1, -0.05) is 30.3 Å². The summed E-state index contributed by atoms with van der Waals surface area (Å²) >= 11 is 0. The number of hydrogen-bond donors (Lipinski definition) is 2. The van der Waals surface area contributed by atoms with E-state index >= 15 is 0 Å². The minimum absolute atomic E-state index is 0. The summed E-state index contributed by atoms with van der Waals surface area (Å²) in [5, 5.41) is 12.9. The third-order valence-electron chi connectivity index (χ3n) is 7.81. The molecule has 2 N–H and O–H groups in total. The predicted octanol–water partition coefficient (Wildman–Crippen LogP) is 3.27. The van der Waals surface area contributed by atoms with Gasteiger partial charge in [0.15, 0.2) is 0 Å². The van der Waals surface area contributed by atoms with Crippen molar-refractivity contribution in [3.8, 4) is 0 Å². The van der Waals surface area contributed by atoms with Crippen LogP contribution in [0.25, 0.3) is 0 Å². The SMILES string of the molecule is CC(C)(C(=O)O)C1(N2CCC(N(C(=O)C(F)(F)F)[C@@H]3C[C@H]3c3ccccc3)CC2)CNC1.Cl. The lowest BCUT2D eigenvalue weighted by molar-refractivity contribution is -0.190. The lowest BCUT2D eigenvalue weighted by atomic mass is 9.66. The number of benzene rings is 1. The van der Waals surface area contributed by atoms with Gasteiger partial charge in [-0.15, -0.1) is 12.4 Å². The zero-order chi connectivity index (χ0) is 23.3. The number of rotatable bonds is 6. The van der Waals surface area contributed by atoms with Crippen LogP contribution in [0.1, 0.15) is 44.6 Å². The van der Waals surface area contributed by atoms with Gasteiger partial charge in [-0.2, -0.15) is 13.2 Å². The zero-order valence-electron chi connectivity index (χ0n) is 18.8. The molecule has 1 saturated carbocycles. The average Bonchev–Trinajstić information content (AvgIpc) is 3.48. The van der Waals surface area contributed by atoms with Gasteiger partial charge in [0.05, 0.1) is 11.0 Å². The number of nitrogens with one attached hydrogen (secondary N) is 1. The summed E-state index contributed by atoms with van der Waals surface area (Å²) < 4.78 is 40.4. The molecular weight excluding hydrogens is 459 g/mol. The number of amides is 1. The Kier molecular flexibility index (Phi) is 7.09. The first kappa shape index (κ1) is 25.8. The molecule has 2 atom stereocenters. The van der Waals surface area contributed by atoms with Gasteiger partial charge < -0.3 is 15.3 Å². The maximum atomic E-state index is 13.5. The molecule has 184 valence electrons. The molecule has 1 aromatic rings. The summed E-state index contributed by atoms with van der Waals surface area (Å²) in [4.78, 5) is 27.5. The molecule has 1 amide bonds. The van der Waals surface area contributed by atoms with Crippen LogP contribution in [0.15, 0.2) is 30.3 Å². The largest absolute Gasteiger partial charge is 0.481 e. The van der Waals surface area contributed by atoms with Crippen molar-refractivity contribution in [1.29, 1.82) is 0 Å². The summed E-state index contributed by atoms with van der Waals surface area (Å²) in [7, 11) is 0. The number of carboxylic acids is 1. The fourth-order valence-corrected chi connectivity index (χ4v) is 5.47. The van der Waals surface area contributed by atoms with Gasteiger partial charge in [0.2, 0.25) is 0 Å². The first-order chi connectivity index (χ1) is 15.0. The highest BCUT2D eigenvalue weighted by atomic mass is 35.5. The fourth-order valence-electron chi connectivity index (χ4n) is 5.47. The summed E-state index contributed by atoms with van der Waals surface area (Å²) in [6, 6.07) is 8.41. The second-order valence-corrected chi connectivity index (χ2v) is 9.81. The van der Waals surface area contributed by atoms with Crippen LogP contribution in [-0.2, 0) is 9.59 Å². The van der Waals surface area contributed by atoms with Gasteiger partial charge in [-0.3, -0.25) is 14.5 Å². The second kappa shape index (κ2) is 9.07. The molecule has 2 aliphatic heterocycles. The Bertz CT molecular complexity index is 869. The van der Waals surface area contributed by atoms with Crippen LogP contribution >= 0.6 is 12.4 Å². The summed E-state index contributed by atoms with van der Waals surface area (Å²) in [5.74, 6) is -2.72. The number of carbonyl (C=O) groups excluding carboxylic acids is 1. The van der Waals surface area contributed by atoms with Gasteiger partial charge in [0, 0.05) is 44.2 Å². The molecule has 1 aromatic carbocycles.